The lowest BCUT2D eigenvalue weighted by Gasteiger charge is -2.25. The molecule has 0 saturated carbocycles. The van der Waals surface area contributed by atoms with E-state index in [0.717, 1.165) is 39.0 Å². The fourth-order valence-electron chi connectivity index (χ4n) is 4.39. The largest absolute Gasteiger partial charge is 0.345 e. The maximum absolute atomic E-state index is 13.5. The third-order valence-electron chi connectivity index (χ3n) is 6.17. The number of carbonyl (C=O) groups excluding carboxylic acids is 1. The van der Waals surface area contributed by atoms with Crippen molar-refractivity contribution in [3.05, 3.63) is 126 Å². The molecular formula is C30H26N4O. The van der Waals surface area contributed by atoms with E-state index in [9.17, 15) is 4.79 Å². The van der Waals surface area contributed by atoms with Crippen molar-refractivity contribution in [1.82, 2.24) is 15.3 Å². The van der Waals surface area contributed by atoms with Gasteiger partial charge in [0.2, 0.25) is 0 Å². The molecule has 0 saturated heterocycles. The average molecular weight is 459 g/mol. The number of hydrogen-bond acceptors (Lipinski definition) is 4. The Morgan fingerprint density at radius 3 is 2.17 bits per heavy atom. The van der Waals surface area contributed by atoms with Gasteiger partial charge in [-0.2, -0.15) is 0 Å². The Balaban J connectivity index is 1.49. The van der Waals surface area contributed by atoms with E-state index in [2.05, 4.69) is 39.6 Å². The molecule has 5 aromatic rings. The van der Waals surface area contributed by atoms with Crippen molar-refractivity contribution in [3.8, 4) is 0 Å². The zero-order valence-electron chi connectivity index (χ0n) is 19.7. The highest BCUT2D eigenvalue weighted by atomic mass is 16.1. The molecule has 5 nitrogen and oxygen atoms in total. The standard InChI is InChI=1S/C30H26N4O/c1-21-14-15-24(34(25-10-6-16-31-19-25)26-11-7-17-32-20-26)18-29(21)30(35)33-22(2)27-13-5-9-23-8-3-4-12-28(23)27/h3-20,22H,1-2H3,(H,33,35)/t22-/m1/s1. The third kappa shape index (κ3) is 4.62. The third-order valence-corrected chi connectivity index (χ3v) is 6.17. The number of hydrogen-bond donors (Lipinski definition) is 1. The summed E-state index contributed by atoms with van der Waals surface area (Å²) in [5.41, 5.74) is 5.28. The van der Waals surface area contributed by atoms with Gasteiger partial charge in [-0.05, 0) is 72.1 Å². The molecule has 0 bridgehead atoms. The molecule has 0 aliphatic carbocycles. The molecule has 0 fully saturated rings. The summed E-state index contributed by atoms with van der Waals surface area (Å²) in [5.74, 6) is -0.109. The summed E-state index contributed by atoms with van der Waals surface area (Å²) in [6, 6.07) is 28.0. The predicted molar refractivity (Wildman–Crippen MR) is 141 cm³/mol. The lowest BCUT2D eigenvalue weighted by atomic mass is 9.99. The quantitative estimate of drug-likeness (QED) is 0.301. The van der Waals surface area contributed by atoms with Gasteiger partial charge < -0.3 is 10.2 Å². The van der Waals surface area contributed by atoms with E-state index in [1.54, 1.807) is 24.8 Å². The normalized spacial score (nSPS) is 11.7. The minimum absolute atomic E-state index is 0.109. The van der Waals surface area contributed by atoms with Crippen LogP contribution in [0.2, 0.25) is 0 Å². The Hall–Kier alpha value is -4.51. The Morgan fingerprint density at radius 1 is 0.800 bits per heavy atom. The summed E-state index contributed by atoms with van der Waals surface area (Å²) in [5, 5.41) is 5.51. The molecule has 5 rings (SSSR count). The molecule has 0 aliphatic heterocycles. The highest BCUT2D eigenvalue weighted by molar-refractivity contribution is 5.98. The second-order valence-corrected chi connectivity index (χ2v) is 8.52. The summed E-state index contributed by atoms with van der Waals surface area (Å²) in [6.07, 6.45) is 7.09. The van der Waals surface area contributed by atoms with E-state index in [1.807, 2.05) is 79.4 Å². The maximum atomic E-state index is 13.5. The van der Waals surface area contributed by atoms with Crippen LogP contribution >= 0.6 is 0 Å². The molecular weight excluding hydrogens is 432 g/mol. The van der Waals surface area contributed by atoms with Crippen LogP contribution in [-0.2, 0) is 0 Å². The van der Waals surface area contributed by atoms with Crippen LogP contribution in [0.3, 0.4) is 0 Å². The van der Waals surface area contributed by atoms with Gasteiger partial charge in [0.1, 0.15) is 0 Å². The number of pyridine rings is 2. The molecule has 0 spiro atoms. The van der Waals surface area contributed by atoms with E-state index in [-0.39, 0.29) is 11.9 Å². The number of anilines is 3. The number of amides is 1. The molecule has 1 atom stereocenters. The Labute approximate surface area is 205 Å². The van der Waals surface area contributed by atoms with Gasteiger partial charge in [-0.15, -0.1) is 0 Å². The van der Waals surface area contributed by atoms with Crippen LogP contribution < -0.4 is 10.2 Å². The van der Waals surface area contributed by atoms with E-state index < -0.39 is 0 Å². The van der Waals surface area contributed by atoms with Crippen molar-refractivity contribution in [1.29, 1.82) is 0 Å². The average Bonchev–Trinajstić information content (AvgIpc) is 2.90. The fourth-order valence-corrected chi connectivity index (χ4v) is 4.39. The van der Waals surface area contributed by atoms with Crippen LogP contribution in [-0.4, -0.2) is 15.9 Å². The molecule has 172 valence electrons. The van der Waals surface area contributed by atoms with E-state index in [0.29, 0.717) is 5.56 Å². The van der Waals surface area contributed by atoms with Crippen LogP contribution in [0.4, 0.5) is 17.1 Å². The Kier molecular flexibility index (Phi) is 6.22. The predicted octanol–water partition coefficient (Wildman–Crippen LogP) is 6.90. The minimum atomic E-state index is -0.149. The summed E-state index contributed by atoms with van der Waals surface area (Å²) >= 11 is 0. The molecule has 0 unspecified atom stereocenters. The van der Waals surface area contributed by atoms with Crippen molar-refractivity contribution in [2.24, 2.45) is 0 Å². The minimum Gasteiger partial charge on any atom is -0.345 e. The number of rotatable bonds is 6. The van der Waals surface area contributed by atoms with E-state index >= 15 is 0 Å². The van der Waals surface area contributed by atoms with Gasteiger partial charge in [0.05, 0.1) is 29.8 Å². The lowest BCUT2D eigenvalue weighted by Crippen LogP contribution is -2.27. The van der Waals surface area contributed by atoms with Gasteiger partial charge in [-0.1, -0.05) is 48.5 Å². The summed E-state index contributed by atoms with van der Waals surface area (Å²) in [6.45, 7) is 3.98. The SMILES string of the molecule is Cc1ccc(N(c2cccnc2)c2cccnc2)cc1C(=O)N[C@H](C)c1cccc2ccccc12. The molecule has 2 aromatic heterocycles. The summed E-state index contributed by atoms with van der Waals surface area (Å²) < 4.78 is 0. The van der Waals surface area contributed by atoms with Crippen LogP contribution in [0, 0.1) is 6.92 Å². The number of aromatic nitrogens is 2. The summed E-state index contributed by atoms with van der Waals surface area (Å²) in [4.78, 5) is 24.1. The Bertz CT molecular complexity index is 1420. The van der Waals surface area contributed by atoms with Gasteiger partial charge in [0.25, 0.3) is 5.91 Å². The molecule has 2 heterocycles. The van der Waals surface area contributed by atoms with Crippen LogP contribution in [0.15, 0.2) is 110 Å². The van der Waals surface area contributed by atoms with Crippen molar-refractivity contribution in [2.45, 2.75) is 19.9 Å². The lowest BCUT2D eigenvalue weighted by molar-refractivity contribution is 0.0939. The van der Waals surface area contributed by atoms with E-state index in [4.69, 9.17) is 0 Å². The van der Waals surface area contributed by atoms with Gasteiger partial charge in [0, 0.05) is 23.6 Å². The van der Waals surface area contributed by atoms with Crippen molar-refractivity contribution >= 4 is 33.7 Å². The molecule has 5 heteroatoms. The Morgan fingerprint density at radius 2 is 1.49 bits per heavy atom. The topological polar surface area (TPSA) is 58.1 Å². The first-order chi connectivity index (χ1) is 17.1. The summed E-state index contributed by atoms with van der Waals surface area (Å²) in [7, 11) is 0. The van der Waals surface area contributed by atoms with Crippen LogP contribution in [0.1, 0.15) is 34.5 Å². The van der Waals surface area contributed by atoms with Gasteiger partial charge in [0.15, 0.2) is 0 Å². The highest BCUT2D eigenvalue weighted by Crippen LogP contribution is 2.34. The number of carbonyl (C=O) groups is 1. The molecule has 35 heavy (non-hydrogen) atoms. The molecule has 3 aromatic carbocycles. The number of benzene rings is 3. The number of fused-ring (bicyclic) bond motifs is 1. The first kappa shape index (κ1) is 22.3. The maximum Gasteiger partial charge on any atom is 0.252 e. The van der Waals surface area contributed by atoms with E-state index in [1.165, 1.54) is 0 Å². The first-order valence-electron chi connectivity index (χ1n) is 11.6. The monoisotopic (exact) mass is 458 g/mol. The molecule has 0 aliphatic rings. The first-order valence-corrected chi connectivity index (χ1v) is 11.6. The smallest absolute Gasteiger partial charge is 0.252 e. The molecule has 0 radical (unpaired) electrons. The number of aryl methyl sites for hydroxylation is 1. The van der Waals surface area contributed by atoms with Gasteiger partial charge in [-0.25, -0.2) is 0 Å². The zero-order valence-corrected chi connectivity index (χ0v) is 19.7. The second kappa shape index (κ2) is 9.77. The highest BCUT2D eigenvalue weighted by Gasteiger charge is 2.19. The van der Waals surface area contributed by atoms with Crippen molar-refractivity contribution in [2.75, 3.05) is 4.90 Å². The number of nitrogens with zero attached hydrogens (tertiary/aromatic N) is 3. The van der Waals surface area contributed by atoms with Crippen LogP contribution in [0.5, 0.6) is 0 Å². The van der Waals surface area contributed by atoms with Crippen LogP contribution in [0.25, 0.3) is 10.8 Å². The van der Waals surface area contributed by atoms with Crippen molar-refractivity contribution < 1.29 is 4.79 Å². The number of nitrogens with one attached hydrogen (secondary N) is 1. The molecule has 1 amide bonds. The molecule has 1 N–H and O–H groups in total. The zero-order chi connectivity index (χ0) is 24.2. The van der Waals surface area contributed by atoms with Gasteiger partial charge >= 0.3 is 0 Å². The second-order valence-electron chi connectivity index (χ2n) is 8.52. The van der Waals surface area contributed by atoms with Crippen molar-refractivity contribution in [3.63, 3.8) is 0 Å². The van der Waals surface area contributed by atoms with Gasteiger partial charge in [-0.3, -0.25) is 14.8 Å². The fraction of sp³-hybridized carbons (Fsp3) is 0.100.